The van der Waals surface area contributed by atoms with Gasteiger partial charge in [0.1, 0.15) is 11.5 Å². The van der Waals surface area contributed by atoms with E-state index in [0.717, 1.165) is 21.3 Å². The third-order valence-electron chi connectivity index (χ3n) is 3.24. The summed E-state index contributed by atoms with van der Waals surface area (Å²) in [5, 5.41) is 0. The molecule has 0 heterocycles. The fourth-order valence-corrected chi connectivity index (χ4v) is 2.73. The first-order chi connectivity index (χ1) is 10.0. The van der Waals surface area contributed by atoms with Crippen molar-refractivity contribution in [3.8, 4) is 11.5 Å². The highest BCUT2D eigenvalue weighted by molar-refractivity contribution is 9.10. The van der Waals surface area contributed by atoms with Crippen LogP contribution < -0.4 is 9.47 Å². The minimum Gasteiger partial charge on any atom is -0.496 e. The summed E-state index contributed by atoms with van der Waals surface area (Å²) in [6.07, 6.45) is 0.322. The average molecular weight is 349 g/mol. The molecule has 110 valence electrons. The van der Waals surface area contributed by atoms with Gasteiger partial charge in [0, 0.05) is 6.42 Å². The maximum Gasteiger partial charge on any atom is 0.170 e. The molecule has 0 spiro atoms. The number of benzene rings is 2. The smallest absolute Gasteiger partial charge is 0.170 e. The number of rotatable bonds is 5. The zero-order valence-corrected chi connectivity index (χ0v) is 13.9. The Morgan fingerprint density at radius 2 is 1.71 bits per heavy atom. The maximum absolute atomic E-state index is 12.5. The van der Waals surface area contributed by atoms with Crippen LogP contribution in [0.2, 0.25) is 0 Å². The molecule has 0 N–H and O–H groups in total. The van der Waals surface area contributed by atoms with Crippen LogP contribution in [-0.2, 0) is 6.42 Å². The molecule has 0 unspecified atom stereocenters. The Bertz CT molecular complexity index is 665. The number of Topliss-reactive ketones (excluding diaryl/α,β-unsaturated/α-hetero) is 1. The standard InChI is InChI=1S/C17H17BrO3/c1-11-4-6-16(20-2)13(8-11)15(19)10-12-5-7-17(21-3)14(18)9-12/h4-9H,10H2,1-3H3. The van der Waals surface area contributed by atoms with Crippen LogP contribution in [0, 0.1) is 6.92 Å². The van der Waals surface area contributed by atoms with Gasteiger partial charge in [-0.1, -0.05) is 17.7 Å². The molecule has 2 aromatic rings. The lowest BCUT2D eigenvalue weighted by molar-refractivity contribution is 0.0990. The molecule has 0 bridgehead atoms. The van der Waals surface area contributed by atoms with Gasteiger partial charge in [0.2, 0.25) is 0 Å². The third-order valence-corrected chi connectivity index (χ3v) is 3.86. The van der Waals surface area contributed by atoms with E-state index in [-0.39, 0.29) is 5.78 Å². The van der Waals surface area contributed by atoms with E-state index in [1.54, 1.807) is 14.2 Å². The highest BCUT2D eigenvalue weighted by Crippen LogP contribution is 2.27. The van der Waals surface area contributed by atoms with Crippen LogP contribution in [-0.4, -0.2) is 20.0 Å². The van der Waals surface area contributed by atoms with Gasteiger partial charge in [-0.3, -0.25) is 4.79 Å². The molecule has 0 amide bonds. The predicted molar refractivity (Wildman–Crippen MR) is 86.5 cm³/mol. The van der Waals surface area contributed by atoms with Gasteiger partial charge in [0.25, 0.3) is 0 Å². The number of hydrogen-bond acceptors (Lipinski definition) is 3. The number of ketones is 1. The molecule has 2 aromatic carbocycles. The van der Waals surface area contributed by atoms with E-state index in [2.05, 4.69) is 15.9 Å². The predicted octanol–water partition coefficient (Wildman–Crippen LogP) is 4.20. The van der Waals surface area contributed by atoms with E-state index >= 15 is 0 Å². The van der Waals surface area contributed by atoms with Gasteiger partial charge in [0.15, 0.2) is 5.78 Å². The van der Waals surface area contributed by atoms with E-state index in [9.17, 15) is 4.79 Å². The summed E-state index contributed by atoms with van der Waals surface area (Å²) in [5.74, 6) is 1.39. The van der Waals surface area contributed by atoms with Crippen LogP contribution in [0.25, 0.3) is 0 Å². The number of methoxy groups -OCH3 is 2. The Hall–Kier alpha value is -1.81. The highest BCUT2D eigenvalue weighted by Gasteiger charge is 2.14. The monoisotopic (exact) mass is 348 g/mol. The van der Waals surface area contributed by atoms with Gasteiger partial charge in [0.05, 0.1) is 24.3 Å². The van der Waals surface area contributed by atoms with Crippen molar-refractivity contribution in [3.63, 3.8) is 0 Å². The van der Waals surface area contributed by atoms with Gasteiger partial charge in [-0.05, 0) is 52.7 Å². The molecule has 0 saturated heterocycles. The van der Waals surface area contributed by atoms with Crippen LogP contribution >= 0.6 is 15.9 Å². The van der Waals surface area contributed by atoms with E-state index in [4.69, 9.17) is 9.47 Å². The molecule has 0 fully saturated rings. The minimum absolute atomic E-state index is 0.0348. The Labute approximate surface area is 133 Å². The molecular weight excluding hydrogens is 332 g/mol. The van der Waals surface area contributed by atoms with Gasteiger partial charge >= 0.3 is 0 Å². The van der Waals surface area contributed by atoms with Gasteiger partial charge in [-0.2, -0.15) is 0 Å². The molecule has 0 aliphatic carbocycles. The molecule has 0 radical (unpaired) electrons. The van der Waals surface area contributed by atoms with E-state index in [1.165, 1.54) is 0 Å². The number of ether oxygens (including phenoxy) is 2. The molecular formula is C17H17BrO3. The van der Waals surface area contributed by atoms with Crippen molar-refractivity contribution in [2.75, 3.05) is 14.2 Å². The summed E-state index contributed by atoms with van der Waals surface area (Å²) in [7, 11) is 3.19. The zero-order valence-electron chi connectivity index (χ0n) is 12.3. The summed E-state index contributed by atoms with van der Waals surface area (Å²) in [6.45, 7) is 1.96. The lowest BCUT2D eigenvalue weighted by Crippen LogP contribution is -2.06. The lowest BCUT2D eigenvalue weighted by atomic mass is 10.0. The van der Waals surface area contributed by atoms with Gasteiger partial charge in [-0.25, -0.2) is 0 Å². The van der Waals surface area contributed by atoms with Gasteiger partial charge in [-0.15, -0.1) is 0 Å². The first-order valence-electron chi connectivity index (χ1n) is 6.55. The maximum atomic E-state index is 12.5. The minimum atomic E-state index is 0.0348. The molecule has 0 aliphatic rings. The van der Waals surface area contributed by atoms with Gasteiger partial charge < -0.3 is 9.47 Å². The fourth-order valence-electron chi connectivity index (χ4n) is 2.14. The van der Waals surface area contributed by atoms with Crippen LogP contribution in [0.5, 0.6) is 11.5 Å². The van der Waals surface area contributed by atoms with Crippen LogP contribution in [0.3, 0.4) is 0 Å². The van der Waals surface area contributed by atoms with E-state index < -0.39 is 0 Å². The fraction of sp³-hybridized carbons (Fsp3) is 0.235. The number of hydrogen-bond donors (Lipinski definition) is 0. The second kappa shape index (κ2) is 6.76. The number of aryl methyl sites for hydroxylation is 1. The molecule has 0 atom stereocenters. The summed E-state index contributed by atoms with van der Waals surface area (Å²) in [6, 6.07) is 11.3. The third kappa shape index (κ3) is 3.64. The molecule has 0 aromatic heterocycles. The normalized spacial score (nSPS) is 10.3. The number of carbonyl (C=O) groups excluding carboxylic acids is 1. The SMILES string of the molecule is COc1ccc(CC(=O)c2cc(C)ccc2OC)cc1Br. The molecule has 0 aliphatic heterocycles. The van der Waals surface area contributed by atoms with Crippen molar-refractivity contribution >= 4 is 21.7 Å². The second-order valence-electron chi connectivity index (χ2n) is 4.77. The highest BCUT2D eigenvalue weighted by atomic mass is 79.9. The number of halogens is 1. The Morgan fingerprint density at radius 3 is 2.33 bits per heavy atom. The molecule has 21 heavy (non-hydrogen) atoms. The first-order valence-corrected chi connectivity index (χ1v) is 7.34. The van der Waals surface area contributed by atoms with Crippen molar-refractivity contribution in [2.24, 2.45) is 0 Å². The summed E-state index contributed by atoms with van der Waals surface area (Å²) in [4.78, 5) is 12.5. The van der Waals surface area contributed by atoms with Crippen molar-refractivity contribution in [1.29, 1.82) is 0 Å². The lowest BCUT2D eigenvalue weighted by Gasteiger charge is -2.10. The first kappa shape index (κ1) is 15.6. The van der Waals surface area contributed by atoms with E-state index in [0.29, 0.717) is 17.7 Å². The van der Waals surface area contributed by atoms with Crippen molar-refractivity contribution in [3.05, 3.63) is 57.6 Å². The molecule has 4 heteroatoms. The molecule has 3 nitrogen and oxygen atoms in total. The van der Waals surface area contributed by atoms with Crippen LogP contribution in [0.4, 0.5) is 0 Å². The topological polar surface area (TPSA) is 35.5 Å². The van der Waals surface area contributed by atoms with Crippen molar-refractivity contribution in [1.82, 2.24) is 0 Å². The molecule has 0 saturated carbocycles. The second-order valence-corrected chi connectivity index (χ2v) is 5.63. The quantitative estimate of drug-likeness (QED) is 0.759. The Balaban J connectivity index is 2.26. The summed E-state index contributed by atoms with van der Waals surface area (Å²) >= 11 is 3.43. The zero-order chi connectivity index (χ0) is 15.4. The van der Waals surface area contributed by atoms with Crippen molar-refractivity contribution < 1.29 is 14.3 Å². The Morgan fingerprint density at radius 1 is 1.05 bits per heavy atom. The summed E-state index contributed by atoms with van der Waals surface area (Å²) in [5.41, 5.74) is 2.58. The molecule has 2 rings (SSSR count). The number of carbonyl (C=O) groups is 1. The largest absolute Gasteiger partial charge is 0.496 e. The summed E-state index contributed by atoms with van der Waals surface area (Å²) < 4.78 is 11.3. The van der Waals surface area contributed by atoms with Crippen molar-refractivity contribution in [2.45, 2.75) is 13.3 Å². The average Bonchev–Trinajstić information content (AvgIpc) is 2.47. The van der Waals surface area contributed by atoms with Crippen LogP contribution in [0.1, 0.15) is 21.5 Å². The van der Waals surface area contributed by atoms with E-state index in [1.807, 2.05) is 43.3 Å². The van der Waals surface area contributed by atoms with Crippen LogP contribution in [0.15, 0.2) is 40.9 Å². The Kier molecular flexibility index (Phi) is 5.02.